The first kappa shape index (κ1) is 11.5. The van der Waals surface area contributed by atoms with E-state index in [9.17, 15) is 4.79 Å². The Morgan fingerprint density at radius 1 is 1.35 bits per heavy atom. The Hall–Kier alpha value is -0.610. The molecular formula is C13H23N3O. The molecule has 2 saturated carbocycles. The lowest BCUT2D eigenvalue weighted by Gasteiger charge is -2.34. The highest BCUT2D eigenvalue weighted by Crippen LogP contribution is 2.43. The van der Waals surface area contributed by atoms with Crippen LogP contribution in [0.4, 0.5) is 0 Å². The van der Waals surface area contributed by atoms with Gasteiger partial charge in [-0.3, -0.25) is 9.69 Å². The molecule has 1 heterocycles. The van der Waals surface area contributed by atoms with Gasteiger partial charge in [-0.25, -0.2) is 0 Å². The predicted octanol–water partition coefficient (Wildman–Crippen LogP) is 0.467. The van der Waals surface area contributed by atoms with Crippen LogP contribution in [0.25, 0.3) is 0 Å². The van der Waals surface area contributed by atoms with E-state index >= 15 is 0 Å². The second-order valence-electron chi connectivity index (χ2n) is 6.12. The smallest absolute Gasteiger partial charge is 0.237 e. The van der Waals surface area contributed by atoms with Gasteiger partial charge in [-0.1, -0.05) is 0 Å². The molecule has 3 N–H and O–H groups in total. The number of hydrogen-bond donors (Lipinski definition) is 2. The number of nitrogens with one attached hydrogen (secondary N) is 1. The molecule has 2 bridgehead atoms. The largest absolute Gasteiger partial charge is 0.368 e. The molecule has 17 heavy (non-hydrogen) atoms. The highest BCUT2D eigenvalue weighted by atomic mass is 16.1. The number of primary amides is 1. The van der Waals surface area contributed by atoms with E-state index in [2.05, 4.69) is 10.2 Å². The van der Waals surface area contributed by atoms with Gasteiger partial charge in [0.2, 0.25) is 5.91 Å². The van der Waals surface area contributed by atoms with Crippen molar-refractivity contribution in [2.45, 2.75) is 56.1 Å². The topological polar surface area (TPSA) is 58.4 Å². The fraction of sp³-hybridized carbons (Fsp3) is 0.923. The standard InChI is InChI=1S/C13H23N3O/c1-15-13(12(14)17)5-4-11(7-13)16-8-9-2-3-10(16)6-9/h9-11,15H,2-8H2,1H3,(H2,14,17). The van der Waals surface area contributed by atoms with Crippen LogP contribution in [0.2, 0.25) is 0 Å². The SMILES string of the molecule is CNC1(C(N)=O)CCC(N2CC3CCC2C3)C1. The summed E-state index contributed by atoms with van der Waals surface area (Å²) in [6, 6.07) is 1.37. The maximum Gasteiger partial charge on any atom is 0.237 e. The van der Waals surface area contributed by atoms with E-state index in [1.165, 1.54) is 25.8 Å². The number of rotatable bonds is 3. The molecule has 0 radical (unpaired) electrons. The highest BCUT2D eigenvalue weighted by Gasteiger charge is 2.49. The van der Waals surface area contributed by atoms with Crippen LogP contribution in [0.1, 0.15) is 38.5 Å². The van der Waals surface area contributed by atoms with E-state index in [1.807, 2.05) is 7.05 Å². The molecule has 4 unspecified atom stereocenters. The van der Waals surface area contributed by atoms with Crippen LogP contribution in [0.5, 0.6) is 0 Å². The van der Waals surface area contributed by atoms with Gasteiger partial charge < -0.3 is 11.1 Å². The second kappa shape index (κ2) is 3.95. The van der Waals surface area contributed by atoms with E-state index < -0.39 is 5.54 Å². The van der Waals surface area contributed by atoms with Crippen molar-refractivity contribution in [1.29, 1.82) is 0 Å². The fourth-order valence-corrected chi connectivity index (χ4v) is 4.29. The number of likely N-dealkylation sites (N-methyl/N-ethyl adjacent to an activating group) is 1. The minimum Gasteiger partial charge on any atom is -0.368 e. The third kappa shape index (κ3) is 1.69. The molecular weight excluding hydrogens is 214 g/mol. The minimum absolute atomic E-state index is 0.174. The normalized spacial score (nSPS) is 45.6. The van der Waals surface area contributed by atoms with E-state index in [0.717, 1.165) is 31.2 Å². The van der Waals surface area contributed by atoms with Crippen LogP contribution in [-0.2, 0) is 4.79 Å². The Balaban J connectivity index is 1.70. The van der Waals surface area contributed by atoms with Crippen molar-refractivity contribution in [3.63, 3.8) is 0 Å². The molecule has 0 aromatic heterocycles. The number of hydrogen-bond acceptors (Lipinski definition) is 3. The van der Waals surface area contributed by atoms with Crippen molar-refractivity contribution in [2.75, 3.05) is 13.6 Å². The molecule has 4 heteroatoms. The molecule has 3 rings (SSSR count). The number of piperidine rings is 1. The number of carbonyl (C=O) groups excluding carboxylic acids is 1. The molecule has 0 aromatic rings. The van der Waals surface area contributed by atoms with Gasteiger partial charge in [0.15, 0.2) is 0 Å². The van der Waals surface area contributed by atoms with Gasteiger partial charge in [-0.2, -0.15) is 0 Å². The number of carbonyl (C=O) groups is 1. The molecule has 1 saturated heterocycles. The van der Waals surface area contributed by atoms with Crippen molar-refractivity contribution >= 4 is 5.91 Å². The van der Waals surface area contributed by atoms with Crippen LogP contribution in [0.15, 0.2) is 0 Å². The quantitative estimate of drug-likeness (QED) is 0.750. The number of amides is 1. The molecule has 2 aliphatic carbocycles. The summed E-state index contributed by atoms with van der Waals surface area (Å²) in [6.07, 6.45) is 7.09. The lowest BCUT2D eigenvalue weighted by molar-refractivity contribution is -0.124. The molecule has 0 spiro atoms. The van der Waals surface area contributed by atoms with Crippen LogP contribution in [0, 0.1) is 5.92 Å². The van der Waals surface area contributed by atoms with Crippen LogP contribution in [0.3, 0.4) is 0 Å². The van der Waals surface area contributed by atoms with Gasteiger partial charge in [-0.05, 0) is 51.5 Å². The maximum atomic E-state index is 11.6. The van der Waals surface area contributed by atoms with Gasteiger partial charge in [0.1, 0.15) is 0 Å². The fourth-order valence-electron chi connectivity index (χ4n) is 4.29. The Morgan fingerprint density at radius 3 is 2.65 bits per heavy atom. The summed E-state index contributed by atoms with van der Waals surface area (Å²) in [7, 11) is 1.86. The summed E-state index contributed by atoms with van der Waals surface area (Å²) in [4.78, 5) is 14.3. The first-order chi connectivity index (χ1) is 8.14. The zero-order valence-corrected chi connectivity index (χ0v) is 10.6. The van der Waals surface area contributed by atoms with Crippen LogP contribution in [-0.4, -0.2) is 42.0 Å². The predicted molar refractivity (Wildman–Crippen MR) is 66.5 cm³/mol. The molecule has 1 aliphatic heterocycles. The molecule has 3 fully saturated rings. The summed E-state index contributed by atoms with van der Waals surface area (Å²) < 4.78 is 0. The third-order valence-electron chi connectivity index (χ3n) is 5.36. The summed E-state index contributed by atoms with van der Waals surface area (Å²) in [6.45, 7) is 1.26. The average molecular weight is 237 g/mol. The van der Waals surface area contributed by atoms with Gasteiger partial charge in [0.05, 0.1) is 5.54 Å². The average Bonchev–Trinajstić information content (AvgIpc) is 3.03. The zero-order chi connectivity index (χ0) is 12.0. The molecule has 0 aromatic carbocycles. The molecule has 1 amide bonds. The van der Waals surface area contributed by atoms with E-state index in [4.69, 9.17) is 5.73 Å². The zero-order valence-electron chi connectivity index (χ0n) is 10.6. The lowest BCUT2D eigenvalue weighted by Crippen LogP contribution is -2.53. The number of fused-ring (bicyclic) bond motifs is 2. The summed E-state index contributed by atoms with van der Waals surface area (Å²) >= 11 is 0. The number of likely N-dealkylation sites (tertiary alicyclic amines) is 1. The Labute approximate surface area is 103 Å². The first-order valence-corrected chi connectivity index (χ1v) is 6.89. The van der Waals surface area contributed by atoms with E-state index in [0.29, 0.717) is 6.04 Å². The second-order valence-corrected chi connectivity index (χ2v) is 6.12. The van der Waals surface area contributed by atoms with Crippen molar-refractivity contribution in [3.8, 4) is 0 Å². The summed E-state index contributed by atoms with van der Waals surface area (Å²) in [5, 5.41) is 3.17. The minimum atomic E-state index is -0.438. The van der Waals surface area contributed by atoms with Gasteiger partial charge in [0, 0.05) is 18.6 Å². The van der Waals surface area contributed by atoms with Crippen molar-refractivity contribution in [3.05, 3.63) is 0 Å². The molecule has 4 atom stereocenters. The van der Waals surface area contributed by atoms with E-state index in [1.54, 1.807) is 0 Å². The van der Waals surface area contributed by atoms with Crippen molar-refractivity contribution in [1.82, 2.24) is 10.2 Å². The first-order valence-electron chi connectivity index (χ1n) is 6.89. The van der Waals surface area contributed by atoms with Crippen LogP contribution >= 0.6 is 0 Å². The molecule has 96 valence electrons. The van der Waals surface area contributed by atoms with Gasteiger partial charge >= 0.3 is 0 Å². The highest BCUT2D eigenvalue weighted by molar-refractivity contribution is 5.85. The monoisotopic (exact) mass is 237 g/mol. The summed E-state index contributed by atoms with van der Waals surface area (Å²) in [5.74, 6) is 0.755. The molecule has 3 aliphatic rings. The third-order valence-corrected chi connectivity index (χ3v) is 5.36. The van der Waals surface area contributed by atoms with Crippen molar-refractivity contribution in [2.24, 2.45) is 11.7 Å². The van der Waals surface area contributed by atoms with Crippen molar-refractivity contribution < 1.29 is 4.79 Å². The summed E-state index contributed by atoms with van der Waals surface area (Å²) in [5.41, 5.74) is 5.12. The Kier molecular flexibility index (Phi) is 2.67. The van der Waals surface area contributed by atoms with Crippen LogP contribution < -0.4 is 11.1 Å². The van der Waals surface area contributed by atoms with Gasteiger partial charge in [-0.15, -0.1) is 0 Å². The molecule has 4 nitrogen and oxygen atoms in total. The maximum absolute atomic E-state index is 11.6. The Bertz CT molecular complexity index is 333. The van der Waals surface area contributed by atoms with Gasteiger partial charge in [0.25, 0.3) is 0 Å². The lowest BCUT2D eigenvalue weighted by atomic mass is 9.96. The Morgan fingerprint density at radius 2 is 2.18 bits per heavy atom. The van der Waals surface area contributed by atoms with E-state index in [-0.39, 0.29) is 5.91 Å². The number of nitrogens with zero attached hydrogens (tertiary/aromatic N) is 1. The number of nitrogens with two attached hydrogens (primary N) is 1.